The Kier molecular flexibility index (Phi) is 5.30. The maximum atomic E-state index is 4.60. The van der Waals surface area contributed by atoms with Crippen LogP contribution in [-0.4, -0.2) is 18.3 Å². The zero-order valence-electron chi connectivity index (χ0n) is 13.1. The van der Waals surface area contributed by atoms with Gasteiger partial charge < -0.3 is 5.32 Å². The topological polar surface area (TPSA) is 24.4 Å². The first kappa shape index (κ1) is 15.9. The summed E-state index contributed by atoms with van der Waals surface area (Å²) in [6, 6.07) is 0. The predicted molar refractivity (Wildman–Crippen MR) is 85.6 cm³/mol. The molecular weight excluding hydrogens is 232 g/mol. The van der Waals surface area contributed by atoms with Crippen molar-refractivity contribution in [3.05, 3.63) is 36.6 Å². The SMILES string of the molecule is C=CCC1(NC)CC1/C(=N/C=C)C(=C(C)C)C(C)C. The maximum Gasteiger partial charge on any atom is 0.0487 e. The van der Waals surface area contributed by atoms with Gasteiger partial charge in [0, 0.05) is 23.4 Å². The fourth-order valence-corrected chi connectivity index (χ4v) is 3.10. The molecule has 2 unspecified atom stereocenters. The average Bonchev–Trinajstić information content (AvgIpc) is 3.03. The molecule has 0 radical (unpaired) electrons. The van der Waals surface area contributed by atoms with Crippen molar-refractivity contribution in [3.63, 3.8) is 0 Å². The van der Waals surface area contributed by atoms with E-state index in [1.807, 2.05) is 13.1 Å². The van der Waals surface area contributed by atoms with E-state index < -0.39 is 0 Å². The second-order valence-corrected chi connectivity index (χ2v) is 5.92. The monoisotopic (exact) mass is 260 g/mol. The molecule has 0 amide bonds. The molecule has 0 aliphatic heterocycles. The van der Waals surface area contributed by atoms with E-state index in [2.05, 4.69) is 51.2 Å². The molecule has 0 bridgehead atoms. The van der Waals surface area contributed by atoms with E-state index in [-0.39, 0.29) is 5.54 Å². The Hall–Kier alpha value is -1.15. The Balaban J connectivity index is 3.13. The molecule has 1 saturated carbocycles. The Morgan fingerprint density at radius 1 is 1.42 bits per heavy atom. The molecule has 1 rings (SSSR count). The number of nitrogens with zero attached hydrogens (tertiary/aromatic N) is 1. The van der Waals surface area contributed by atoms with Crippen LogP contribution in [0.5, 0.6) is 0 Å². The molecule has 2 atom stereocenters. The average molecular weight is 260 g/mol. The van der Waals surface area contributed by atoms with Crippen molar-refractivity contribution in [2.24, 2.45) is 16.8 Å². The first-order chi connectivity index (χ1) is 8.93. The van der Waals surface area contributed by atoms with E-state index >= 15 is 0 Å². The number of nitrogens with one attached hydrogen (secondary N) is 1. The molecule has 1 fully saturated rings. The summed E-state index contributed by atoms with van der Waals surface area (Å²) >= 11 is 0. The Labute approximate surface area is 118 Å². The fourth-order valence-electron chi connectivity index (χ4n) is 3.10. The standard InChI is InChI=1S/C17H28N2/c1-8-10-17(18-7)11-14(17)16(19-9-2)15(12(3)4)13(5)6/h8-9,12,14,18H,1-2,10-11H2,3-7H3/b19-16-. The molecule has 1 aliphatic rings. The summed E-state index contributed by atoms with van der Waals surface area (Å²) in [6.45, 7) is 16.5. The summed E-state index contributed by atoms with van der Waals surface area (Å²) in [6.07, 6.45) is 5.79. The zero-order valence-corrected chi connectivity index (χ0v) is 13.1. The van der Waals surface area contributed by atoms with Crippen LogP contribution < -0.4 is 5.32 Å². The van der Waals surface area contributed by atoms with Gasteiger partial charge in [-0.1, -0.05) is 32.1 Å². The van der Waals surface area contributed by atoms with Crippen LogP contribution in [0.1, 0.15) is 40.5 Å². The van der Waals surface area contributed by atoms with Crippen molar-refractivity contribution >= 4 is 5.71 Å². The van der Waals surface area contributed by atoms with Gasteiger partial charge in [-0.15, -0.1) is 6.58 Å². The lowest BCUT2D eigenvalue weighted by Gasteiger charge is -2.20. The first-order valence-corrected chi connectivity index (χ1v) is 7.09. The van der Waals surface area contributed by atoms with Crippen LogP contribution in [0.2, 0.25) is 0 Å². The molecule has 0 heterocycles. The summed E-state index contributed by atoms with van der Waals surface area (Å²) in [5.41, 5.74) is 4.09. The summed E-state index contributed by atoms with van der Waals surface area (Å²) in [5, 5.41) is 3.47. The van der Waals surface area contributed by atoms with Gasteiger partial charge in [0.15, 0.2) is 0 Å². The van der Waals surface area contributed by atoms with Crippen molar-refractivity contribution in [2.75, 3.05) is 7.05 Å². The van der Waals surface area contributed by atoms with Gasteiger partial charge in [0.25, 0.3) is 0 Å². The summed E-state index contributed by atoms with van der Waals surface area (Å²) < 4.78 is 0. The van der Waals surface area contributed by atoms with Crippen molar-refractivity contribution in [3.8, 4) is 0 Å². The van der Waals surface area contributed by atoms with E-state index in [4.69, 9.17) is 0 Å². The smallest absolute Gasteiger partial charge is 0.0487 e. The van der Waals surface area contributed by atoms with Crippen LogP contribution in [0.3, 0.4) is 0 Å². The largest absolute Gasteiger partial charge is 0.313 e. The molecule has 1 N–H and O–H groups in total. The fraction of sp³-hybridized carbons (Fsp3) is 0.588. The Bertz CT molecular complexity index is 411. The van der Waals surface area contributed by atoms with Gasteiger partial charge in [0.05, 0.1) is 0 Å². The third-order valence-electron chi connectivity index (χ3n) is 4.03. The maximum absolute atomic E-state index is 4.60. The highest BCUT2D eigenvalue weighted by Gasteiger charge is 2.55. The summed E-state index contributed by atoms with van der Waals surface area (Å²) in [4.78, 5) is 4.60. The molecule has 0 aromatic heterocycles. The molecule has 0 aromatic rings. The van der Waals surface area contributed by atoms with Crippen LogP contribution in [-0.2, 0) is 0 Å². The zero-order chi connectivity index (χ0) is 14.6. The van der Waals surface area contributed by atoms with Crippen LogP contribution in [0, 0.1) is 11.8 Å². The molecule has 0 aromatic carbocycles. The van der Waals surface area contributed by atoms with Gasteiger partial charge in [-0.2, -0.15) is 0 Å². The third-order valence-corrected chi connectivity index (χ3v) is 4.03. The summed E-state index contributed by atoms with van der Waals surface area (Å²) in [7, 11) is 2.03. The second kappa shape index (κ2) is 6.33. The van der Waals surface area contributed by atoms with Gasteiger partial charge in [-0.25, -0.2) is 0 Å². The third kappa shape index (κ3) is 3.24. The highest BCUT2D eigenvalue weighted by Crippen LogP contribution is 2.49. The molecule has 106 valence electrons. The van der Waals surface area contributed by atoms with Gasteiger partial charge in [-0.3, -0.25) is 4.99 Å². The number of hydrogen-bond donors (Lipinski definition) is 1. The lowest BCUT2D eigenvalue weighted by molar-refractivity contribution is 0.539. The molecule has 2 heteroatoms. The number of hydrogen-bond acceptors (Lipinski definition) is 2. The van der Waals surface area contributed by atoms with Gasteiger partial charge >= 0.3 is 0 Å². The van der Waals surface area contributed by atoms with Gasteiger partial charge in [-0.05, 0) is 45.2 Å². The normalized spacial score (nSPS) is 26.2. The van der Waals surface area contributed by atoms with Crippen molar-refractivity contribution in [2.45, 2.75) is 46.1 Å². The minimum atomic E-state index is 0.152. The van der Waals surface area contributed by atoms with Crippen LogP contribution in [0.15, 0.2) is 41.6 Å². The highest BCUT2D eigenvalue weighted by molar-refractivity contribution is 6.05. The number of rotatable bonds is 7. The number of allylic oxidation sites excluding steroid dienone is 2. The molecule has 1 aliphatic carbocycles. The van der Waals surface area contributed by atoms with Crippen molar-refractivity contribution in [1.82, 2.24) is 5.32 Å². The number of aliphatic imine (C=N–C) groups is 1. The van der Waals surface area contributed by atoms with Crippen LogP contribution in [0.25, 0.3) is 0 Å². The van der Waals surface area contributed by atoms with Gasteiger partial charge in [0.2, 0.25) is 0 Å². The Morgan fingerprint density at radius 3 is 2.42 bits per heavy atom. The molecular formula is C17H28N2. The lowest BCUT2D eigenvalue weighted by atomic mass is 9.89. The quantitative estimate of drug-likeness (QED) is 0.540. The molecule has 19 heavy (non-hydrogen) atoms. The van der Waals surface area contributed by atoms with E-state index in [1.54, 1.807) is 6.20 Å². The molecule has 0 saturated heterocycles. The molecule has 2 nitrogen and oxygen atoms in total. The van der Waals surface area contributed by atoms with Crippen LogP contribution in [0.4, 0.5) is 0 Å². The van der Waals surface area contributed by atoms with Crippen molar-refractivity contribution in [1.29, 1.82) is 0 Å². The van der Waals surface area contributed by atoms with Gasteiger partial charge in [0.1, 0.15) is 0 Å². The molecule has 0 spiro atoms. The minimum Gasteiger partial charge on any atom is -0.313 e. The van der Waals surface area contributed by atoms with E-state index in [9.17, 15) is 0 Å². The minimum absolute atomic E-state index is 0.152. The van der Waals surface area contributed by atoms with E-state index in [0.717, 1.165) is 12.8 Å². The van der Waals surface area contributed by atoms with Crippen LogP contribution >= 0.6 is 0 Å². The highest BCUT2D eigenvalue weighted by atomic mass is 15.0. The van der Waals surface area contributed by atoms with E-state index in [0.29, 0.717) is 11.8 Å². The predicted octanol–water partition coefficient (Wildman–Crippen LogP) is 4.12. The first-order valence-electron chi connectivity index (χ1n) is 7.09. The van der Waals surface area contributed by atoms with Crippen molar-refractivity contribution < 1.29 is 0 Å². The Morgan fingerprint density at radius 2 is 2.05 bits per heavy atom. The van der Waals surface area contributed by atoms with E-state index in [1.165, 1.54) is 16.9 Å². The summed E-state index contributed by atoms with van der Waals surface area (Å²) in [5.74, 6) is 0.961. The lowest BCUT2D eigenvalue weighted by Crippen LogP contribution is -2.32. The second-order valence-electron chi connectivity index (χ2n) is 5.92.